The van der Waals surface area contributed by atoms with E-state index in [-0.39, 0.29) is 23.3 Å². The predicted octanol–water partition coefficient (Wildman–Crippen LogP) is 1.54. The molecule has 0 aliphatic heterocycles. The van der Waals surface area contributed by atoms with E-state index in [2.05, 4.69) is 0 Å². The van der Waals surface area contributed by atoms with E-state index in [9.17, 15) is 14.4 Å². The van der Waals surface area contributed by atoms with Gasteiger partial charge >= 0.3 is 0 Å². The minimum atomic E-state index is -0.678. The summed E-state index contributed by atoms with van der Waals surface area (Å²) in [5.41, 5.74) is 0. The van der Waals surface area contributed by atoms with Gasteiger partial charge < -0.3 is 0 Å². The van der Waals surface area contributed by atoms with Crippen molar-refractivity contribution in [3.8, 4) is 0 Å². The Hall–Kier alpha value is -0.990. The first kappa shape index (κ1) is 11.1. The second-order valence-corrected chi connectivity index (χ2v) is 4.02. The lowest BCUT2D eigenvalue weighted by Crippen LogP contribution is -2.35. The van der Waals surface area contributed by atoms with Crippen LogP contribution in [0, 0.1) is 11.8 Å². The number of hydrogen-bond acceptors (Lipinski definition) is 3. The standard InChI is InChI=1S/C11H16O3/c1-7(12)11(8(2)13)9-5-3-4-6-10(9)14/h9,11H,3-6H2,1-2H3. The predicted molar refractivity (Wildman–Crippen MR) is 51.8 cm³/mol. The van der Waals surface area contributed by atoms with Gasteiger partial charge in [-0.2, -0.15) is 0 Å². The highest BCUT2D eigenvalue weighted by atomic mass is 16.2. The van der Waals surface area contributed by atoms with Crippen molar-refractivity contribution in [2.45, 2.75) is 39.5 Å². The van der Waals surface area contributed by atoms with Gasteiger partial charge in [0, 0.05) is 12.3 Å². The maximum Gasteiger partial charge on any atom is 0.140 e. The van der Waals surface area contributed by atoms with Crippen molar-refractivity contribution in [2.24, 2.45) is 11.8 Å². The van der Waals surface area contributed by atoms with Gasteiger partial charge in [-0.05, 0) is 26.7 Å². The van der Waals surface area contributed by atoms with Gasteiger partial charge in [0.05, 0.1) is 5.92 Å². The number of Topliss-reactive ketones (excluding diaryl/α,β-unsaturated/α-hetero) is 3. The second-order valence-electron chi connectivity index (χ2n) is 4.02. The lowest BCUT2D eigenvalue weighted by molar-refractivity contribution is -0.139. The molecule has 3 heteroatoms. The summed E-state index contributed by atoms with van der Waals surface area (Å²) in [7, 11) is 0. The van der Waals surface area contributed by atoms with Gasteiger partial charge in [0.15, 0.2) is 0 Å². The molecule has 3 nitrogen and oxygen atoms in total. The fraction of sp³-hybridized carbons (Fsp3) is 0.727. The molecular weight excluding hydrogens is 180 g/mol. The zero-order chi connectivity index (χ0) is 10.7. The molecule has 0 aromatic carbocycles. The lowest BCUT2D eigenvalue weighted by Gasteiger charge is -2.25. The molecule has 1 aliphatic rings. The molecular formula is C11H16O3. The molecule has 14 heavy (non-hydrogen) atoms. The molecule has 1 saturated carbocycles. The quantitative estimate of drug-likeness (QED) is 0.643. The number of carbonyl (C=O) groups is 3. The third-order valence-electron chi connectivity index (χ3n) is 2.88. The highest BCUT2D eigenvalue weighted by molar-refractivity contribution is 6.04. The lowest BCUT2D eigenvalue weighted by atomic mass is 9.76. The highest BCUT2D eigenvalue weighted by Crippen LogP contribution is 2.28. The third-order valence-corrected chi connectivity index (χ3v) is 2.88. The first-order valence-electron chi connectivity index (χ1n) is 5.07. The molecule has 0 aromatic heterocycles. The zero-order valence-electron chi connectivity index (χ0n) is 8.71. The highest BCUT2D eigenvalue weighted by Gasteiger charge is 2.35. The Labute approximate surface area is 83.9 Å². The molecule has 0 saturated heterocycles. The van der Waals surface area contributed by atoms with Crippen molar-refractivity contribution in [2.75, 3.05) is 0 Å². The van der Waals surface area contributed by atoms with Crippen molar-refractivity contribution in [1.82, 2.24) is 0 Å². The summed E-state index contributed by atoms with van der Waals surface area (Å²) in [5.74, 6) is -1.26. The van der Waals surface area contributed by atoms with Crippen molar-refractivity contribution < 1.29 is 14.4 Å². The maximum absolute atomic E-state index is 11.5. The van der Waals surface area contributed by atoms with Crippen LogP contribution in [0.15, 0.2) is 0 Å². The van der Waals surface area contributed by atoms with E-state index in [1.807, 2.05) is 0 Å². The molecule has 0 heterocycles. The van der Waals surface area contributed by atoms with Crippen LogP contribution in [-0.4, -0.2) is 17.3 Å². The number of rotatable bonds is 3. The summed E-state index contributed by atoms with van der Waals surface area (Å²) >= 11 is 0. The minimum Gasteiger partial charge on any atom is -0.299 e. The van der Waals surface area contributed by atoms with Gasteiger partial charge in [-0.15, -0.1) is 0 Å². The van der Waals surface area contributed by atoms with E-state index < -0.39 is 5.92 Å². The maximum atomic E-state index is 11.5. The van der Waals surface area contributed by atoms with Crippen LogP contribution >= 0.6 is 0 Å². The van der Waals surface area contributed by atoms with Crippen LogP contribution in [0.3, 0.4) is 0 Å². The van der Waals surface area contributed by atoms with Gasteiger partial charge in [-0.25, -0.2) is 0 Å². The molecule has 0 amide bonds. The fourth-order valence-corrected chi connectivity index (χ4v) is 2.22. The van der Waals surface area contributed by atoms with Gasteiger partial charge in [0.25, 0.3) is 0 Å². The van der Waals surface area contributed by atoms with Crippen LogP contribution < -0.4 is 0 Å². The van der Waals surface area contributed by atoms with Crippen molar-refractivity contribution in [1.29, 1.82) is 0 Å². The van der Waals surface area contributed by atoms with E-state index in [0.29, 0.717) is 12.8 Å². The van der Waals surface area contributed by atoms with Gasteiger partial charge in [0.1, 0.15) is 17.3 Å². The minimum absolute atomic E-state index is 0.0895. The first-order valence-corrected chi connectivity index (χ1v) is 5.07. The summed E-state index contributed by atoms with van der Waals surface area (Å²) in [6, 6.07) is 0. The molecule has 0 N–H and O–H groups in total. The molecule has 0 aromatic rings. The molecule has 0 radical (unpaired) electrons. The molecule has 78 valence electrons. The Bertz CT molecular complexity index is 254. The SMILES string of the molecule is CC(=O)C(C(C)=O)C1CCCCC1=O. The molecule has 0 bridgehead atoms. The Balaban J connectivity index is 2.81. The largest absolute Gasteiger partial charge is 0.299 e. The van der Waals surface area contributed by atoms with Gasteiger partial charge in [-0.1, -0.05) is 6.42 Å². The number of hydrogen-bond donors (Lipinski definition) is 0. The molecule has 1 unspecified atom stereocenters. The van der Waals surface area contributed by atoms with E-state index in [0.717, 1.165) is 12.8 Å². The Morgan fingerprint density at radius 1 is 1.21 bits per heavy atom. The Morgan fingerprint density at radius 2 is 1.79 bits per heavy atom. The summed E-state index contributed by atoms with van der Waals surface area (Å²) in [5, 5.41) is 0. The van der Waals surface area contributed by atoms with E-state index in [1.165, 1.54) is 13.8 Å². The first-order chi connectivity index (χ1) is 6.54. The van der Waals surface area contributed by atoms with E-state index in [1.54, 1.807) is 0 Å². The van der Waals surface area contributed by atoms with Crippen molar-refractivity contribution >= 4 is 17.3 Å². The summed E-state index contributed by atoms with van der Waals surface area (Å²) in [4.78, 5) is 34.1. The smallest absolute Gasteiger partial charge is 0.140 e. The fourth-order valence-electron chi connectivity index (χ4n) is 2.22. The summed E-state index contributed by atoms with van der Waals surface area (Å²) in [6.45, 7) is 2.79. The average Bonchev–Trinajstić information content (AvgIpc) is 2.07. The van der Waals surface area contributed by atoms with Crippen LogP contribution in [0.1, 0.15) is 39.5 Å². The monoisotopic (exact) mass is 196 g/mol. The topological polar surface area (TPSA) is 51.2 Å². The third kappa shape index (κ3) is 2.28. The normalized spacial score (nSPS) is 22.5. The molecule has 1 rings (SSSR count). The van der Waals surface area contributed by atoms with Crippen molar-refractivity contribution in [3.63, 3.8) is 0 Å². The van der Waals surface area contributed by atoms with Crippen LogP contribution in [0.25, 0.3) is 0 Å². The van der Waals surface area contributed by atoms with Crippen molar-refractivity contribution in [3.05, 3.63) is 0 Å². The molecule has 0 spiro atoms. The second kappa shape index (κ2) is 4.49. The Morgan fingerprint density at radius 3 is 2.21 bits per heavy atom. The number of ketones is 3. The average molecular weight is 196 g/mol. The zero-order valence-corrected chi connectivity index (χ0v) is 8.71. The summed E-state index contributed by atoms with van der Waals surface area (Å²) in [6.07, 6.45) is 3.08. The van der Waals surface area contributed by atoms with Crippen LogP contribution in [-0.2, 0) is 14.4 Å². The van der Waals surface area contributed by atoms with Gasteiger partial charge in [0.2, 0.25) is 0 Å². The summed E-state index contributed by atoms with van der Waals surface area (Å²) < 4.78 is 0. The van der Waals surface area contributed by atoms with Crippen LogP contribution in [0.5, 0.6) is 0 Å². The van der Waals surface area contributed by atoms with Crippen LogP contribution in [0.4, 0.5) is 0 Å². The Kier molecular flexibility index (Phi) is 3.55. The molecule has 1 fully saturated rings. The number of carbonyl (C=O) groups excluding carboxylic acids is 3. The van der Waals surface area contributed by atoms with E-state index >= 15 is 0 Å². The molecule has 1 atom stereocenters. The van der Waals surface area contributed by atoms with Crippen LogP contribution in [0.2, 0.25) is 0 Å². The van der Waals surface area contributed by atoms with E-state index in [4.69, 9.17) is 0 Å². The molecule has 1 aliphatic carbocycles. The van der Waals surface area contributed by atoms with Gasteiger partial charge in [-0.3, -0.25) is 14.4 Å².